The summed E-state index contributed by atoms with van der Waals surface area (Å²) in [6, 6.07) is 5.86. The summed E-state index contributed by atoms with van der Waals surface area (Å²) in [5.41, 5.74) is 0.465. The number of nitrogens with zero attached hydrogens (tertiary/aromatic N) is 5. The molecule has 3 fully saturated rings. The second kappa shape index (κ2) is 11.5. The molecule has 11 heteroatoms. The molecule has 0 spiro atoms. The molecule has 0 radical (unpaired) electrons. The number of aromatic nitrogens is 3. The fourth-order valence-electron chi connectivity index (χ4n) is 8.52. The number of aryl methyl sites for hydroxylation is 1. The number of phenolic OH excluding ortho intramolecular Hbond substituents is 1. The maximum absolute atomic E-state index is 17.1. The predicted molar refractivity (Wildman–Crippen MR) is 174 cm³/mol. The van der Waals surface area contributed by atoms with Gasteiger partial charge in [-0.3, -0.25) is 4.90 Å². The molecule has 2 aromatic carbocycles. The summed E-state index contributed by atoms with van der Waals surface area (Å²) in [6.07, 6.45) is 11.4. The van der Waals surface area contributed by atoms with Crippen molar-refractivity contribution in [1.82, 2.24) is 25.2 Å². The fraction of sp³-hybridized carbons (Fsp3) is 0.472. The molecule has 0 saturated carbocycles. The quantitative estimate of drug-likeness (QED) is 0.261. The Morgan fingerprint density at radius 2 is 2.02 bits per heavy atom. The molecule has 0 unspecified atom stereocenters. The summed E-state index contributed by atoms with van der Waals surface area (Å²) in [6.45, 7) is 4.29. The van der Waals surface area contributed by atoms with Gasteiger partial charge in [-0.15, -0.1) is 6.42 Å². The molecular weight excluding hydrogens is 605 g/mol. The average molecular weight is 643 g/mol. The van der Waals surface area contributed by atoms with Crippen LogP contribution in [-0.4, -0.2) is 81.5 Å². The van der Waals surface area contributed by atoms with Crippen molar-refractivity contribution in [2.45, 2.75) is 75.5 Å². The van der Waals surface area contributed by atoms with Crippen molar-refractivity contribution in [2.24, 2.45) is 0 Å². The minimum atomic E-state index is -0.726. The third-order valence-electron chi connectivity index (χ3n) is 10.9. The minimum absolute atomic E-state index is 0.0330. The van der Waals surface area contributed by atoms with Crippen LogP contribution in [0.3, 0.4) is 0 Å². The first-order chi connectivity index (χ1) is 22.8. The van der Waals surface area contributed by atoms with Crippen LogP contribution in [0.25, 0.3) is 32.9 Å². The van der Waals surface area contributed by atoms with Crippen LogP contribution in [0.4, 0.5) is 19.0 Å². The van der Waals surface area contributed by atoms with E-state index in [2.05, 4.69) is 28.0 Å². The Balaban J connectivity index is 1.32. The van der Waals surface area contributed by atoms with Gasteiger partial charge in [-0.25, -0.2) is 18.2 Å². The molecule has 0 amide bonds. The number of fused-ring (bicyclic) bond motifs is 4. The molecule has 6 heterocycles. The van der Waals surface area contributed by atoms with Gasteiger partial charge in [0, 0.05) is 42.2 Å². The molecule has 8 nitrogen and oxygen atoms in total. The van der Waals surface area contributed by atoms with Crippen molar-refractivity contribution in [3.63, 3.8) is 0 Å². The van der Waals surface area contributed by atoms with E-state index in [9.17, 15) is 13.9 Å². The Kier molecular flexibility index (Phi) is 7.41. The van der Waals surface area contributed by atoms with Gasteiger partial charge >= 0.3 is 6.01 Å². The van der Waals surface area contributed by atoms with E-state index in [0.717, 1.165) is 51.6 Å². The summed E-state index contributed by atoms with van der Waals surface area (Å²) in [7, 11) is 0. The standard InChI is InChI=1S/C36H37F3N6O2/c1-3-21-18-44-23(17-40-21)7-9-28-30-33(42-35(43-34(30)44)47-19-36-11-5-13-45(36)22(16-37)10-12-36)31(39)32(41-28)26-15-24(46)14-20-6-8-27(38)25(4-2)29(20)26/h2,6,8,14-15,21-23,40,46H,3,5,7,9-13,16-19H2,1H3/t21-,22+,23-,36+/m1/s1. The zero-order chi connectivity index (χ0) is 32.4. The molecule has 3 saturated heterocycles. The second-order valence-electron chi connectivity index (χ2n) is 13.4. The monoisotopic (exact) mass is 642 g/mol. The number of halogens is 3. The third kappa shape index (κ3) is 4.79. The number of phenols is 1. The molecule has 244 valence electrons. The van der Waals surface area contributed by atoms with E-state index < -0.39 is 11.6 Å². The highest BCUT2D eigenvalue weighted by Crippen LogP contribution is 2.44. The Labute approximate surface area is 271 Å². The first kappa shape index (κ1) is 30.2. The molecule has 4 aliphatic rings. The number of ether oxygens (including phenoxy) is 1. The highest BCUT2D eigenvalue weighted by atomic mass is 19.1. The van der Waals surface area contributed by atoms with Crippen LogP contribution in [-0.2, 0) is 6.42 Å². The number of hydrogen-bond acceptors (Lipinski definition) is 8. The van der Waals surface area contributed by atoms with E-state index in [0.29, 0.717) is 40.6 Å². The summed E-state index contributed by atoms with van der Waals surface area (Å²) in [4.78, 5) is 19.0. The van der Waals surface area contributed by atoms with Crippen molar-refractivity contribution >= 4 is 27.5 Å². The highest BCUT2D eigenvalue weighted by molar-refractivity contribution is 6.03. The second-order valence-corrected chi connectivity index (χ2v) is 13.4. The first-order valence-electron chi connectivity index (χ1n) is 16.6. The largest absolute Gasteiger partial charge is 0.508 e. The minimum Gasteiger partial charge on any atom is -0.508 e. The summed E-state index contributed by atoms with van der Waals surface area (Å²) in [5.74, 6) is 1.53. The van der Waals surface area contributed by atoms with Gasteiger partial charge < -0.3 is 20.1 Å². The van der Waals surface area contributed by atoms with E-state index in [1.54, 1.807) is 0 Å². The zero-order valence-electron chi connectivity index (χ0n) is 26.3. The first-order valence-corrected chi connectivity index (χ1v) is 16.6. The molecule has 2 aromatic heterocycles. The van der Waals surface area contributed by atoms with Crippen LogP contribution in [0.2, 0.25) is 0 Å². The topological polar surface area (TPSA) is 86.6 Å². The number of anilines is 1. The number of terminal acetylenes is 1. The van der Waals surface area contributed by atoms with Gasteiger partial charge in [-0.1, -0.05) is 18.9 Å². The maximum atomic E-state index is 17.1. The van der Waals surface area contributed by atoms with E-state index in [1.807, 2.05) is 0 Å². The van der Waals surface area contributed by atoms with Crippen LogP contribution in [0.1, 0.15) is 56.7 Å². The molecule has 47 heavy (non-hydrogen) atoms. The molecule has 4 atom stereocenters. The van der Waals surface area contributed by atoms with Gasteiger partial charge in [-0.2, -0.15) is 9.97 Å². The summed E-state index contributed by atoms with van der Waals surface area (Å²) >= 11 is 0. The molecule has 8 rings (SSSR count). The molecule has 4 aliphatic heterocycles. The lowest BCUT2D eigenvalue weighted by Crippen LogP contribution is -2.56. The smallest absolute Gasteiger partial charge is 0.319 e. The van der Waals surface area contributed by atoms with Gasteiger partial charge in [0.05, 0.1) is 22.2 Å². The van der Waals surface area contributed by atoms with Crippen LogP contribution in [0, 0.1) is 24.0 Å². The molecular formula is C36H37F3N6O2. The molecule has 4 aromatic rings. The Morgan fingerprint density at radius 1 is 1.15 bits per heavy atom. The van der Waals surface area contributed by atoms with E-state index in [4.69, 9.17) is 26.1 Å². The molecule has 2 N–H and O–H groups in total. The Bertz CT molecular complexity index is 1950. The number of pyridine rings is 1. The predicted octanol–water partition coefficient (Wildman–Crippen LogP) is 5.66. The fourth-order valence-corrected chi connectivity index (χ4v) is 8.52. The number of benzene rings is 2. The zero-order valence-corrected chi connectivity index (χ0v) is 26.3. The van der Waals surface area contributed by atoms with E-state index in [-0.39, 0.29) is 71.0 Å². The third-order valence-corrected chi connectivity index (χ3v) is 10.9. The van der Waals surface area contributed by atoms with E-state index in [1.165, 1.54) is 24.3 Å². The molecule has 0 aliphatic carbocycles. The highest BCUT2D eigenvalue weighted by Gasteiger charge is 2.50. The number of aromatic hydroxyl groups is 1. The van der Waals surface area contributed by atoms with Crippen LogP contribution in [0.15, 0.2) is 24.3 Å². The van der Waals surface area contributed by atoms with Gasteiger partial charge in [0.15, 0.2) is 5.82 Å². The van der Waals surface area contributed by atoms with Crippen LogP contribution >= 0.6 is 0 Å². The van der Waals surface area contributed by atoms with Crippen molar-refractivity contribution in [3.05, 3.63) is 47.2 Å². The van der Waals surface area contributed by atoms with Crippen molar-refractivity contribution in [3.8, 4) is 35.4 Å². The lowest BCUT2D eigenvalue weighted by molar-refractivity contribution is 0.0772. The van der Waals surface area contributed by atoms with Gasteiger partial charge in [-0.05, 0) is 75.1 Å². The van der Waals surface area contributed by atoms with Crippen molar-refractivity contribution in [2.75, 3.05) is 37.8 Å². The van der Waals surface area contributed by atoms with Gasteiger partial charge in [0.1, 0.15) is 41.9 Å². The lowest BCUT2D eigenvalue weighted by Gasteiger charge is -2.40. The summed E-state index contributed by atoms with van der Waals surface area (Å²) in [5, 5.41) is 15.6. The Hall–Kier alpha value is -4.14. The number of rotatable bonds is 6. The van der Waals surface area contributed by atoms with Crippen molar-refractivity contribution in [1.29, 1.82) is 0 Å². The molecule has 0 bridgehead atoms. The van der Waals surface area contributed by atoms with Gasteiger partial charge in [0.25, 0.3) is 0 Å². The summed E-state index contributed by atoms with van der Waals surface area (Å²) < 4.78 is 52.3. The number of hydrogen-bond donors (Lipinski definition) is 2. The van der Waals surface area contributed by atoms with E-state index >= 15 is 4.39 Å². The van der Waals surface area contributed by atoms with Crippen LogP contribution in [0.5, 0.6) is 11.8 Å². The van der Waals surface area contributed by atoms with Gasteiger partial charge in [0.2, 0.25) is 0 Å². The van der Waals surface area contributed by atoms with Crippen LogP contribution < -0.4 is 15.0 Å². The number of nitrogens with one attached hydrogen (secondary N) is 1. The average Bonchev–Trinajstić information content (AvgIpc) is 3.61. The number of piperazine rings is 1. The SMILES string of the molecule is C#Cc1c(F)ccc2cc(O)cc(-c3nc4c5c(nc(OC[C@@]67CCCN6[C@H](CF)CC7)nc5c3F)N3C[C@@H](CC)NC[C@H]3CC4)c12. The maximum Gasteiger partial charge on any atom is 0.319 e. The normalized spacial score (nSPS) is 25.5. The Morgan fingerprint density at radius 3 is 2.83 bits per heavy atom. The lowest BCUT2D eigenvalue weighted by atomic mass is 9.95. The number of alkyl halides is 1. The van der Waals surface area contributed by atoms with Crippen molar-refractivity contribution < 1.29 is 23.0 Å².